The molecule has 4 aliphatic rings. The molecule has 0 amide bonds. The third kappa shape index (κ3) is 3.10. The number of allylic oxidation sites excluding steroid dienone is 1. The van der Waals surface area contributed by atoms with Crippen LogP contribution in [0.3, 0.4) is 0 Å². The van der Waals surface area contributed by atoms with E-state index in [1.807, 2.05) is 0 Å². The molecule has 160 valence electrons. The van der Waals surface area contributed by atoms with E-state index in [1.54, 1.807) is 5.57 Å². The Bertz CT molecular complexity index is 647. The van der Waals surface area contributed by atoms with E-state index >= 15 is 0 Å². The highest BCUT2D eigenvalue weighted by molar-refractivity contribution is 6.74. The molecule has 0 aliphatic heterocycles. The molecule has 0 aromatic carbocycles. The molecule has 3 fully saturated rings. The molecule has 0 aromatic rings. The number of rotatable bonds is 2. The molecule has 3 heteroatoms. The largest absolute Gasteiger partial charge is 0.414 e. The summed E-state index contributed by atoms with van der Waals surface area (Å²) >= 11 is 0. The van der Waals surface area contributed by atoms with Crippen molar-refractivity contribution in [3.63, 3.8) is 0 Å². The molecule has 0 saturated heterocycles. The summed E-state index contributed by atoms with van der Waals surface area (Å²) in [6.45, 7) is 16.8. The minimum absolute atomic E-state index is 0.0645. The molecule has 0 bridgehead atoms. The first-order valence-corrected chi connectivity index (χ1v) is 14.8. The summed E-state index contributed by atoms with van der Waals surface area (Å²) in [6.07, 6.45) is 12.7. The van der Waals surface area contributed by atoms with Crippen LogP contribution in [-0.2, 0) is 4.43 Å². The van der Waals surface area contributed by atoms with Crippen LogP contribution in [0.2, 0.25) is 18.1 Å². The summed E-state index contributed by atoms with van der Waals surface area (Å²) in [4.78, 5) is 0. The Balaban J connectivity index is 1.53. The van der Waals surface area contributed by atoms with Gasteiger partial charge in [-0.15, -0.1) is 0 Å². The van der Waals surface area contributed by atoms with Crippen molar-refractivity contribution in [3.05, 3.63) is 11.6 Å². The van der Waals surface area contributed by atoms with E-state index < -0.39 is 8.32 Å². The predicted octanol–water partition coefficient (Wildman–Crippen LogP) is 6.70. The first-order valence-electron chi connectivity index (χ1n) is 11.9. The highest BCUT2D eigenvalue weighted by Gasteiger charge is 2.58. The Hall–Kier alpha value is -0.123. The quantitative estimate of drug-likeness (QED) is 0.410. The summed E-state index contributed by atoms with van der Waals surface area (Å²) < 4.78 is 6.84. The lowest BCUT2D eigenvalue weighted by Gasteiger charge is -2.58. The average molecular weight is 405 g/mol. The number of hydrogen-bond donors (Lipinski definition) is 1. The molecule has 3 saturated carbocycles. The van der Waals surface area contributed by atoms with E-state index in [0.29, 0.717) is 11.5 Å². The van der Waals surface area contributed by atoms with E-state index in [4.69, 9.17) is 4.43 Å². The van der Waals surface area contributed by atoms with Crippen LogP contribution in [0.5, 0.6) is 0 Å². The standard InChI is InChI=1S/C25H44O2Si/c1-23(2,3)28(6,7)27-18-12-14-24(4)17(16-18)8-9-19-20-10-11-22(26)25(20,5)15-13-21(19)24/h8,18-22,26H,9-16H2,1-7H3/t18-,19-,20-,21-,22-,24-,25-/m0/s1. The Morgan fingerprint density at radius 2 is 1.75 bits per heavy atom. The summed E-state index contributed by atoms with van der Waals surface area (Å²) in [5.74, 6) is 2.35. The normalized spacial score (nSPS) is 46.4. The molecule has 4 aliphatic carbocycles. The van der Waals surface area contributed by atoms with Crippen molar-refractivity contribution in [2.45, 2.75) is 116 Å². The summed E-state index contributed by atoms with van der Waals surface area (Å²) in [5.41, 5.74) is 2.28. The van der Waals surface area contributed by atoms with Crippen molar-refractivity contribution in [2.75, 3.05) is 0 Å². The van der Waals surface area contributed by atoms with Crippen molar-refractivity contribution in [2.24, 2.45) is 28.6 Å². The first kappa shape index (κ1) is 21.1. The van der Waals surface area contributed by atoms with Crippen LogP contribution in [0.4, 0.5) is 0 Å². The first-order chi connectivity index (χ1) is 12.9. The lowest BCUT2D eigenvalue weighted by molar-refractivity contribution is -0.0706. The van der Waals surface area contributed by atoms with Crippen LogP contribution in [0.25, 0.3) is 0 Å². The highest BCUT2D eigenvalue weighted by Crippen LogP contribution is 2.65. The maximum absolute atomic E-state index is 10.7. The number of fused-ring (bicyclic) bond motifs is 5. The van der Waals surface area contributed by atoms with Crippen molar-refractivity contribution in [3.8, 4) is 0 Å². The predicted molar refractivity (Wildman–Crippen MR) is 120 cm³/mol. The lowest BCUT2D eigenvalue weighted by atomic mass is 9.48. The molecule has 1 N–H and O–H groups in total. The zero-order valence-corrected chi connectivity index (χ0v) is 20.5. The second kappa shape index (κ2) is 6.69. The van der Waals surface area contributed by atoms with Gasteiger partial charge >= 0.3 is 0 Å². The van der Waals surface area contributed by atoms with Gasteiger partial charge in [0.05, 0.1) is 6.10 Å². The van der Waals surface area contributed by atoms with Crippen LogP contribution in [0.1, 0.15) is 86.0 Å². The zero-order chi connectivity index (χ0) is 20.5. The van der Waals surface area contributed by atoms with Crippen molar-refractivity contribution >= 4 is 8.32 Å². The smallest absolute Gasteiger partial charge is 0.192 e. The van der Waals surface area contributed by atoms with Gasteiger partial charge in [-0.2, -0.15) is 0 Å². The van der Waals surface area contributed by atoms with Crippen LogP contribution in [0, 0.1) is 28.6 Å². The van der Waals surface area contributed by atoms with Gasteiger partial charge in [0.25, 0.3) is 0 Å². The molecule has 7 atom stereocenters. The Morgan fingerprint density at radius 1 is 1.04 bits per heavy atom. The van der Waals surface area contributed by atoms with Crippen molar-refractivity contribution in [1.29, 1.82) is 0 Å². The van der Waals surface area contributed by atoms with Gasteiger partial charge in [-0.1, -0.05) is 46.3 Å². The van der Waals surface area contributed by atoms with E-state index in [-0.39, 0.29) is 16.6 Å². The van der Waals surface area contributed by atoms with Crippen LogP contribution in [0.15, 0.2) is 11.6 Å². The fraction of sp³-hybridized carbons (Fsp3) is 0.920. The minimum Gasteiger partial charge on any atom is -0.414 e. The van der Waals surface area contributed by atoms with E-state index in [0.717, 1.165) is 30.6 Å². The third-order valence-electron chi connectivity index (χ3n) is 10.3. The van der Waals surface area contributed by atoms with Crippen molar-refractivity contribution < 1.29 is 9.53 Å². The van der Waals surface area contributed by atoms with Crippen molar-refractivity contribution in [1.82, 2.24) is 0 Å². The second-order valence-electron chi connectivity index (χ2n) is 12.6. The van der Waals surface area contributed by atoms with Gasteiger partial charge in [0, 0.05) is 6.10 Å². The average Bonchev–Trinajstić information content (AvgIpc) is 2.89. The fourth-order valence-corrected chi connectivity index (χ4v) is 8.68. The fourth-order valence-electron chi connectivity index (χ4n) is 7.29. The molecular weight excluding hydrogens is 360 g/mol. The number of aliphatic hydroxyl groups excluding tert-OH is 1. The van der Waals surface area contributed by atoms with Gasteiger partial charge in [-0.05, 0) is 98.1 Å². The summed E-state index contributed by atoms with van der Waals surface area (Å²) in [7, 11) is -1.70. The van der Waals surface area contributed by atoms with Gasteiger partial charge < -0.3 is 9.53 Å². The lowest BCUT2D eigenvalue weighted by Crippen LogP contribution is -2.52. The second-order valence-corrected chi connectivity index (χ2v) is 17.4. The van der Waals surface area contributed by atoms with Gasteiger partial charge in [-0.3, -0.25) is 0 Å². The molecular formula is C25H44O2Si. The Kier molecular flexibility index (Phi) is 5.04. The maximum atomic E-state index is 10.7. The van der Waals surface area contributed by atoms with E-state index in [1.165, 1.54) is 38.5 Å². The Labute approximate surface area is 174 Å². The van der Waals surface area contributed by atoms with Crippen LogP contribution in [-0.4, -0.2) is 25.6 Å². The van der Waals surface area contributed by atoms with Gasteiger partial charge in [0.2, 0.25) is 0 Å². The summed E-state index contributed by atoms with van der Waals surface area (Å²) in [5, 5.41) is 10.9. The molecule has 2 nitrogen and oxygen atoms in total. The van der Waals surface area contributed by atoms with E-state index in [2.05, 4.69) is 53.8 Å². The molecule has 0 unspecified atom stereocenters. The SMILES string of the molecule is CC(C)(C)[Si](C)(C)O[C@H]1CC[C@@]2(C)C(=CC[C@H]3[C@@H]4CC[C@H](O)[C@@]4(C)CC[C@@H]32)C1. The minimum atomic E-state index is -1.70. The number of aliphatic hydroxyl groups is 1. The Morgan fingerprint density at radius 3 is 2.43 bits per heavy atom. The van der Waals surface area contributed by atoms with E-state index in [9.17, 15) is 5.11 Å². The van der Waals surface area contributed by atoms with Gasteiger partial charge in [0.1, 0.15) is 0 Å². The maximum Gasteiger partial charge on any atom is 0.192 e. The monoisotopic (exact) mass is 404 g/mol. The van der Waals surface area contributed by atoms with Gasteiger partial charge in [0.15, 0.2) is 8.32 Å². The molecule has 0 heterocycles. The molecule has 0 spiro atoms. The van der Waals surface area contributed by atoms with Crippen LogP contribution < -0.4 is 0 Å². The third-order valence-corrected chi connectivity index (χ3v) is 14.8. The van der Waals surface area contributed by atoms with Gasteiger partial charge in [-0.25, -0.2) is 0 Å². The highest BCUT2D eigenvalue weighted by atomic mass is 28.4. The molecule has 0 aromatic heterocycles. The molecule has 4 rings (SSSR count). The van der Waals surface area contributed by atoms with Crippen LogP contribution >= 0.6 is 0 Å². The zero-order valence-electron chi connectivity index (χ0n) is 19.5. The molecule has 28 heavy (non-hydrogen) atoms. The molecule has 0 radical (unpaired) electrons. The summed E-state index contributed by atoms with van der Waals surface area (Å²) in [6, 6.07) is 0. The topological polar surface area (TPSA) is 29.5 Å². The number of hydrogen-bond acceptors (Lipinski definition) is 2.